The maximum atomic E-state index is 12.4. The van der Waals surface area contributed by atoms with E-state index in [1.165, 1.54) is 10.9 Å². The lowest BCUT2D eigenvalue weighted by atomic mass is 10.1. The number of amides is 1. The Bertz CT molecular complexity index is 1080. The fourth-order valence-corrected chi connectivity index (χ4v) is 3.11. The van der Waals surface area contributed by atoms with Crippen LogP contribution < -0.4 is 10.1 Å². The molecule has 0 aliphatic carbocycles. The predicted molar refractivity (Wildman–Crippen MR) is 105 cm³/mol. The Labute approximate surface area is 156 Å². The number of hydrogen-bond acceptors (Lipinski definition) is 3. The number of rotatable bonds is 6. The minimum atomic E-state index is -0.170. The first kappa shape index (κ1) is 16.9. The summed E-state index contributed by atoms with van der Waals surface area (Å²) in [6, 6.07) is 17.5. The van der Waals surface area contributed by atoms with Crippen molar-refractivity contribution in [2.45, 2.75) is 6.42 Å². The van der Waals surface area contributed by atoms with Crippen molar-refractivity contribution in [3.63, 3.8) is 0 Å². The number of aromatic amines is 2. The van der Waals surface area contributed by atoms with Crippen molar-refractivity contribution in [1.82, 2.24) is 20.5 Å². The number of fused-ring (bicyclic) bond motifs is 1. The molecule has 6 heteroatoms. The molecule has 0 spiro atoms. The van der Waals surface area contributed by atoms with Crippen molar-refractivity contribution in [2.24, 2.45) is 0 Å². The third-order valence-corrected chi connectivity index (χ3v) is 4.54. The van der Waals surface area contributed by atoms with E-state index < -0.39 is 0 Å². The predicted octanol–water partition coefficient (Wildman–Crippen LogP) is 3.54. The Hall–Kier alpha value is -3.54. The Morgan fingerprint density at radius 1 is 1.15 bits per heavy atom. The van der Waals surface area contributed by atoms with E-state index >= 15 is 0 Å². The van der Waals surface area contributed by atoms with Crippen molar-refractivity contribution < 1.29 is 9.53 Å². The molecule has 0 aliphatic heterocycles. The third-order valence-electron chi connectivity index (χ3n) is 4.54. The second-order valence-electron chi connectivity index (χ2n) is 6.26. The highest BCUT2D eigenvalue weighted by Gasteiger charge is 2.11. The molecule has 0 radical (unpaired) electrons. The molecule has 0 saturated carbocycles. The summed E-state index contributed by atoms with van der Waals surface area (Å²) in [6.07, 6.45) is 2.75. The first-order valence-corrected chi connectivity index (χ1v) is 8.77. The summed E-state index contributed by atoms with van der Waals surface area (Å²) in [5.74, 6) is 0.580. The molecule has 2 aromatic carbocycles. The van der Waals surface area contributed by atoms with Crippen LogP contribution in [0.25, 0.3) is 22.2 Å². The van der Waals surface area contributed by atoms with Crippen LogP contribution >= 0.6 is 0 Å². The lowest BCUT2D eigenvalue weighted by Crippen LogP contribution is -2.25. The SMILES string of the molecule is COc1cccc(-c2cc(C(=O)NCCc3c[nH]c4ccccc34)[nH]n2)c1. The van der Waals surface area contributed by atoms with Crippen molar-refractivity contribution in [2.75, 3.05) is 13.7 Å². The van der Waals surface area contributed by atoms with Crippen LogP contribution in [0.3, 0.4) is 0 Å². The van der Waals surface area contributed by atoms with Gasteiger partial charge in [-0.1, -0.05) is 30.3 Å². The molecule has 3 N–H and O–H groups in total. The summed E-state index contributed by atoms with van der Waals surface area (Å²) in [4.78, 5) is 15.6. The van der Waals surface area contributed by atoms with E-state index in [4.69, 9.17) is 4.74 Å². The van der Waals surface area contributed by atoms with E-state index in [0.717, 1.165) is 23.3 Å². The van der Waals surface area contributed by atoms with Crippen molar-refractivity contribution in [3.8, 4) is 17.0 Å². The van der Waals surface area contributed by atoms with Gasteiger partial charge in [0.25, 0.3) is 5.91 Å². The third kappa shape index (κ3) is 3.55. The molecule has 0 atom stereocenters. The fraction of sp³-hybridized carbons (Fsp3) is 0.143. The Morgan fingerprint density at radius 2 is 2.04 bits per heavy atom. The van der Waals surface area contributed by atoms with Crippen LogP contribution in [0.5, 0.6) is 5.75 Å². The summed E-state index contributed by atoms with van der Waals surface area (Å²) in [6.45, 7) is 0.550. The highest BCUT2D eigenvalue weighted by atomic mass is 16.5. The first-order valence-electron chi connectivity index (χ1n) is 8.77. The van der Waals surface area contributed by atoms with Gasteiger partial charge in [-0.15, -0.1) is 0 Å². The van der Waals surface area contributed by atoms with E-state index in [0.29, 0.717) is 17.9 Å². The highest BCUT2D eigenvalue weighted by Crippen LogP contribution is 2.22. The number of methoxy groups -OCH3 is 1. The average Bonchev–Trinajstić information content (AvgIpc) is 3.36. The number of carbonyl (C=O) groups excluding carboxylic acids is 1. The largest absolute Gasteiger partial charge is 0.497 e. The molecule has 0 fully saturated rings. The van der Waals surface area contributed by atoms with Gasteiger partial charge in [0.2, 0.25) is 0 Å². The second kappa shape index (κ2) is 7.37. The van der Waals surface area contributed by atoms with Crippen LogP contribution in [0.1, 0.15) is 16.1 Å². The number of benzene rings is 2. The zero-order valence-corrected chi connectivity index (χ0v) is 15.0. The Morgan fingerprint density at radius 3 is 2.93 bits per heavy atom. The molecule has 0 unspecified atom stereocenters. The van der Waals surface area contributed by atoms with E-state index in [9.17, 15) is 4.79 Å². The van der Waals surface area contributed by atoms with E-state index in [-0.39, 0.29) is 5.91 Å². The minimum Gasteiger partial charge on any atom is -0.497 e. The van der Waals surface area contributed by atoms with Gasteiger partial charge < -0.3 is 15.0 Å². The van der Waals surface area contributed by atoms with Crippen LogP contribution in [-0.2, 0) is 6.42 Å². The highest BCUT2D eigenvalue weighted by molar-refractivity contribution is 5.93. The minimum absolute atomic E-state index is 0.170. The fourth-order valence-electron chi connectivity index (χ4n) is 3.11. The summed E-state index contributed by atoms with van der Waals surface area (Å²) in [5, 5.41) is 11.2. The van der Waals surface area contributed by atoms with Crippen LogP contribution in [-0.4, -0.2) is 34.7 Å². The van der Waals surface area contributed by atoms with Gasteiger partial charge in [0.1, 0.15) is 11.4 Å². The van der Waals surface area contributed by atoms with Gasteiger partial charge in [0.15, 0.2) is 0 Å². The number of hydrogen-bond donors (Lipinski definition) is 3. The standard InChI is InChI=1S/C21H20N4O2/c1-27-16-6-4-5-14(11-16)19-12-20(25-24-19)21(26)22-10-9-15-13-23-18-8-3-2-7-17(15)18/h2-8,11-13,23H,9-10H2,1H3,(H,22,26)(H,24,25). The zero-order valence-electron chi connectivity index (χ0n) is 15.0. The second-order valence-corrected chi connectivity index (χ2v) is 6.26. The van der Waals surface area contributed by atoms with Gasteiger partial charge in [0.05, 0.1) is 12.8 Å². The van der Waals surface area contributed by atoms with Gasteiger partial charge in [-0.05, 0) is 36.2 Å². The monoisotopic (exact) mass is 360 g/mol. The normalized spacial score (nSPS) is 10.9. The smallest absolute Gasteiger partial charge is 0.269 e. The number of nitrogens with one attached hydrogen (secondary N) is 3. The molecule has 4 rings (SSSR count). The van der Waals surface area contributed by atoms with Crippen LogP contribution in [0.2, 0.25) is 0 Å². The van der Waals surface area contributed by atoms with Gasteiger partial charge in [-0.2, -0.15) is 5.10 Å². The summed E-state index contributed by atoms with van der Waals surface area (Å²) in [7, 11) is 1.62. The number of H-pyrrole nitrogens is 2. The Kier molecular flexibility index (Phi) is 4.61. The lowest BCUT2D eigenvalue weighted by molar-refractivity contribution is 0.0949. The molecular formula is C21H20N4O2. The van der Waals surface area contributed by atoms with Gasteiger partial charge in [-0.25, -0.2) is 0 Å². The van der Waals surface area contributed by atoms with Crippen molar-refractivity contribution in [1.29, 1.82) is 0 Å². The summed E-state index contributed by atoms with van der Waals surface area (Å²) in [5.41, 5.74) is 4.33. The maximum absolute atomic E-state index is 12.4. The van der Waals surface area contributed by atoms with Gasteiger partial charge in [-0.3, -0.25) is 9.89 Å². The molecule has 0 aliphatic rings. The topological polar surface area (TPSA) is 82.8 Å². The van der Waals surface area contributed by atoms with Crippen LogP contribution in [0.15, 0.2) is 60.8 Å². The van der Waals surface area contributed by atoms with Crippen molar-refractivity contribution in [3.05, 3.63) is 72.1 Å². The first-order chi connectivity index (χ1) is 13.2. The molecule has 0 saturated heterocycles. The molecule has 6 nitrogen and oxygen atoms in total. The number of aromatic nitrogens is 3. The molecule has 2 aromatic heterocycles. The zero-order chi connectivity index (χ0) is 18.6. The van der Waals surface area contributed by atoms with E-state index in [2.05, 4.69) is 26.6 Å². The molecule has 0 bridgehead atoms. The average molecular weight is 360 g/mol. The van der Waals surface area contributed by atoms with Crippen LogP contribution in [0, 0.1) is 0 Å². The lowest BCUT2D eigenvalue weighted by Gasteiger charge is -2.03. The molecule has 1 amide bonds. The maximum Gasteiger partial charge on any atom is 0.269 e. The number of nitrogens with zero attached hydrogens (tertiary/aromatic N) is 1. The molecular weight excluding hydrogens is 340 g/mol. The molecule has 4 aromatic rings. The number of ether oxygens (including phenoxy) is 1. The van der Waals surface area contributed by atoms with Gasteiger partial charge >= 0.3 is 0 Å². The molecule has 2 heterocycles. The molecule has 136 valence electrons. The van der Waals surface area contributed by atoms with E-state index in [1.54, 1.807) is 13.2 Å². The quantitative estimate of drug-likeness (QED) is 0.492. The number of carbonyl (C=O) groups is 1. The Balaban J connectivity index is 1.39. The van der Waals surface area contributed by atoms with E-state index in [1.807, 2.05) is 48.7 Å². The molecule has 27 heavy (non-hydrogen) atoms. The van der Waals surface area contributed by atoms with Gasteiger partial charge in [0, 0.05) is 29.2 Å². The van der Waals surface area contributed by atoms with Crippen molar-refractivity contribution >= 4 is 16.8 Å². The summed E-state index contributed by atoms with van der Waals surface area (Å²) >= 11 is 0. The van der Waals surface area contributed by atoms with Crippen LogP contribution in [0.4, 0.5) is 0 Å². The number of para-hydroxylation sites is 1. The summed E-state index contributed by atoms with van der Waals surface area (Å²) < 4.78 is 5.23.